The van der Waals surface area contributed by atoms with Crippen LogP contribution < -0.4 is 10.1 Å². The Morgan fingerprint density at radius 2 is 1.96 bits per heavy atom. The van der Waals surface area contributed by atoms with Crippen molar-refractivity contribution in [3.05, 3.63) is 44.8 Å². The predicted octanol–water partition coefficient (Wildman–Crippen LogP) is 3.38. The molecule has 0 aliphatic carbocycles. The standard InChI is InChI=1S/C17H19BrN2O4S/c1-10(2)16-20-13(9-25-16)15(21)19-8-14(17(22)23-3)24-12-6-4-11(18)5-7-12/h4-7,9-10,14H,8H2,1-3H3,(H,19,21). The number of halogens is 1. The first-order chi connectivity index (χ1) is 11.9. The van der Waals surface area contributed by atoms with Gasteiger partial charge < -0.3 is 14.8 Å². The Bertz CT molecular complexity index is 731. The molecular weight excluding hydrogens is 408 g/mol. The average molecular weight is 427 g/mol. The molecule has 25 heavy (non-hydrogen) atoms. The summed E-state index contributed by atoms with van der Waals surface area (Å²) < 4.78 is 11.3. The summed E-state index contributed by atoms with van der Waals surface area (Å²) in [5.74, 6) is -0.153. The largest absolute Gasteiger partial charge is 0.477 e. The molecule has 1 aromatic carbocycles. The second kappa shape index (κ2) is 8.96. The van der Waals surface area contributed by atoms with Gasteiger partial charge in [0.1, 0.15) is 11.4 Å². The van der Waals surface area contributed by atoms with E-state index in [2.05, 4.69) is 26.2 Å². The minimum Gasteiger partial charge on any atom is -0.477 e. The van der Waals surface area contributed by atoms with Crippen LogP contribution in [0.25, 0.3) is 0 Å². The van der Waals surface area contributed by atoms with E-state index in [-0.39, 0.29) is 18.4 Å². The molecule has 0 spiro atoms. The lowest BCUT2D eigenvalue weighted by Crippen LogP contribution is -2.41. The number of carbonyl (C=O) groups excluding carboxylic acids is 2. The molecule has 1 amide bonds. The molecule has 1 atom stereocenters. The number of hydrogen-bond acceptors (Lipinski definition) is 6. The minimum atomic E-state index is -0.946. The van der Waals surface area contributed by atoms with Crippen molar-refractivity contribution in [2.45, 2.75) is 25.9 Å². The molecule has 0 aliphatic rings. The van der Waals surface area contributed by atoms with Crippen LogP contribution in [0.1, 0.15) is 35.3 Å². The number of hydrogen-bond donors (Lipinski definition) is 1. The van der Waals surface area contributed by atoms with Gasteiger partial charge in [0.15, 0.2) is 0 Å². The van der Waals surface area contributed by atoms with Crippen molar-refractivity contribution in [1.29, 1.82) is 0 Å². The Balaban J connectivity index is 2.00. The Hall–Kier alpha value is -1.93. The Morgan fingerprint density at radius 3 is 2.52 bits per heavy atom. The lowest BCUT2D eigenvalue weighted by Gasteiger charge is -2.17. The zero-order chi connectivity index (χ0) is 18.4. The second-order valence-corrected chi connectivity index (χ2v) is 7.32. The number of ether oxygens (including phenoxy) is 2. The van der Waals surface area contributed by atoms with Crippen LogP contribution in [0.2, 0.25) is 0 Å². The molecule has 0 saturated heterocycles. The third-order valence-corrected chi connectivity index (χ3v) is 4.93. The van der Waals surface area contributed by atoms with Crippen LogP contribution in [0.4, 0.5) is 0 Å². The van der Waals surface area contributed by atoms with Gasteiger partial charge in [0.2, 0.25) is 6.10 Å². The van der Waals surface area contributed by atoms with Crippen molar-refractivity contribution in [3.8, 4) is 5.75 Å². The van der Waals surface area contributed by atoms with E-state index in [0.717, 1.165) is 9.48 Å². The highest BCUT2D eigenvalue weighted by atomic mass is 79.9. The second-order valence-electron chi connectivity index (χ2n) is 5.52. The van der Waals surface area contributed by atoms with Crippen LogP contribution in [-0.2, 0) is 9.53 Å². The first-order valence-corrected chi connectivity index (χ1v) is 9.31. The summed E-state index contributed by atoms with van der Waals surface area (Å²) in [6, 6.07) is 7.03. The van der Waals surface area contributed by atoms with Crippen molar-refractivity contribution in [2.75, 3.05) is 13.7 Å². The molecule has 0 radical (unpaired) electrons. The number of nitrogens with zero attached hydrogens (tertiary/aromatic N) is 1. The number of nitrogens with one attached hydrogen (secondary N) is 1. The van der Waals surface area contributed by atoms with Gasteiger partial charge in [-0.3, -0.25) is 4.79 Å². The highest BCUT2D eigenvalue weighted by Gasteiger charge is 2.23. The van der Waals surface area contributed by atoms with Gasteiger partial charge in [-0.1, -0.05) is 29.8 Å². The fourth-order valence-corrected chi connectivity index (χ4v) is 2.99. The van der Waals surface area contributed by atoms with Crippen molar-refractivity contribution in [2.24, 2.45) is 0 Å². The molecule has 134 valence electrons. The van der Waals surface area contributed by atoms with Crippen molar-refractivity contribution in [1.82, 2.24) is 10.3 Å². The van der Waals surface area contributed by atoms with Gasteiger partial charge in [-0.05, 0) is 24.3 Å². The number of thiazole rings is 1. The third kappa shape index (κ3) is 5.54. The van der Waals surface area contributed by atoms with Gasteiger partial charge in [0, 0.05) is 15.8 Å². The van der Waals surface area contributed by atoms with Crippen LogP contribution in [0.3, 0.4) is 0 Å². The summed E-state index contributed by atoms with van der Waals surface area (Å²) in [5.41, 5.74) is 0.334. The van der Waals surface area contributed by atoms with Crippen LogP contribution in [0, 0.1) is 0 Å². The lowest BCUT2D eigenvalue weighted by molar-refractivity contribution is -0.148. The van der Waals surface area contributed by atoms with Crippen molar-refractivity contribution < 1.29 is 19.1 Å². The fourth-order valence-electron chi connectivity index (χ4n) is 1.92. The van der Waals surface area contributed by atoms with Crippen LogP contribution in [-0.4, -0.2) is 36.6 Å². The first-order valence-electron chi connectivity index (χ1n) is 7.64. The van der Waals surface area contributed by atoms with E-state index >= 15 is 0 Å². The maximum absolute atomic E-state index is 12.2. The molecule has 1 aromatic heterocycles. The van der Waals surface area contributed by atoms with Gasteiger partial charge in [-0.2, -0.15) is 0 Å². The number of aromatic nitrogens is 1. The monoisotopic (exact) mass is 426 g/mol. The molecule has 2 rings (SSSR count). The van der Waals surface area contributed by atoms with Gasteiger partial charge in [0.25, 0.3) is 5.91 Å². The number of rotatable bonds is 7. The minimum absolute atomic E-state index is 0.0177. The quantitative estimate of drug-likeness (QED) is 0.686. The van der Waals surface area contributed by atoms with Gasteiger partial charge in [-0.25, -0.2) is 9.78 Å². The molecule has 1 N–H and O–H groups in total. The number of benzene rings is 1. The molecule has 0 fully saturated rings. The van der Waals surface area contributed by atoms with E-state index in [1.807, 2.05) is 13.8 Å². The molecule has 6 nitrogen and oxygen atoms in total. The zero-order valence-electron chi connectivity index (χ0n) is 14.1. The summed E-state index contributed by atoms with van der Waals surface area (Å²) in [7, 11) is 1.28. The number of methoxy groups -OCH3 is 1. The summed E-state index contributed by atoms with van der Waals surface area (Å²) in [6.45, 7) is 4.01. The molecule has 0 saturated carbocycles. The Kier molecular flexibility index (Phi) is 6.95. The van der Waals surface area contributed by atoms with Crippen LogP contribution >= 0.6 is 27.3 Å². The summed E-state index contributed by atoms with van der Waals surface area (Å²) in [4.78, 5) is 28.4. The SMILES string of the molecule is COC(=O)C(CNC(=O)c1csc(C(C)C)n1)Oc1ccc(Br)cc1. The van der Waals surface area contributed by atoms with E-state index in [0.29, 0.717) is 11.4 Å². The van der Waals surface area contributed by atoms with E-state index in [4.69, 9.17) is 9.47 Å². The summed E-state index contributed by atoms with van der Waals surface area (Å²) in [6.07, 6.45) is -0.946. The molecule has 1 unspecified atom stereocenters. The first kappa shape index (κ1) is 19.4. The maximum Gasteiger partial charge on any atom is 0.348 e. The molecule has 2 aromatic rings. The zero-order valence-corrected chi connectivity index (χ0v) is 16.5. The van der Waals surface area contributed by atoms with E-state index in [1.54, 1.807) is 29.6 Å². The lowest BCUT2D eigenvalue weighted by atomic mass is 10.2. The fraction of sp³-hybridized carbons (Fsp3) is 0.353. The molecular formula is C17H19BrN2O4S. The van der Waals surface area contributed by atoms with Crippen LogP contribution in [0.5, 0.6) is 5.75 Å². The van der Waals surface area contributed by atoms with E-state index in [1.165, 1.54) is 18.4 Å². The highest BCUT2D eigenvalue weighted by Crippen LogP contribution is 2.19. The molecule has 0 aliphatic heterocycles. The third-order valence-electron chi connectivity index (χ3n) is 3.25. The number of amides is 1. The Labute approximate surface area is 158 Å². The molecule has 0 bridgehead atoms. The predicted molar refractivity (Wildman–Crippen MR) is 99.1 cm³/mol. The topological polar surface area (TPSA) is 77.5 Å². The van der Waals surface area contributed by atoms with E-state index < -0.39 is 12.1 Å². The van der Waals surface area contributed by atoms with Crippen molar-refractivity contribution >= 4 is 39.1 Å². The average Bonchev–Trinajstić information content (AvgIpc) is 3.09. The molecule has 1 heterocycles. The number of esters is 1. The summed E-state index contributed by atoms with van der Waals surface area (Å²) >= 11 is 4.77. The summed E-state index contributed by atoms with van der Waals surface area (Å²) in [5, 5.41) is 5.26. The van der Waals surface area contributed by atoms with Crippen LogP contribution in [0.15, 0.2) is 34.1 Å². The number of carbonyl (C=O) groups is 2. The molecule has 8 heteroatoms. The Morgan fingerprint density at radius 1 is 1.28 bits per heavy atom. The van der Waals surface area contributed by atoms with Gasteiger partial charge in [-0.15, -0.1) is 11.3 Å². The van der Waals surface area contributed by atoms with Crippen molar-refractivity contribution in [3.63, 3.8) is 0 Å². The van der Waals surface area contributed by atoms with Gasteiger partial charge in [0.05, 0.1) is 18.7 Å². The smallest absolute Gasteiger partial charge is 0.348 e. The maximum atomic E-state index is 12.2. The van der Waals surface area contributed by atoms with E-state index in [9.17, 15) is 9.59 Å². The normalized spacial score (nSPS) is 11.9. The van der Waals surface area contributed by atoms with Gasteiger partial charge >= 0.3 is 5.97 Å². The highest BCUT2D eigenvalue weighted by molar-refractivity contribution is 9.10.